The van der Waals surface area contributed by atoms with Crippen molar-refractivity contribution in [3.63, 3.8) is 0 Å². The summed E-state index contributed by atoms with van der Waals surface area (Å²) in [5, 5.41) is 11.9. The summed E-state index contributed by atoms with van der Waals surface area (Å²) in [7, 11) is 0. The zero-order chi connectivity index (χ0) is 17.0. The molecule has 0 saturated carbocycles. The highest BCUT2D eigenvalue weighted by atomic mass is 35.5. The van der Waals surface area contributed by atoms with Crippen molar-refractivity contribution in [1.29, 1.82) is 0 Å². The number of carbonyl (C=O) groups is 2. The van der Waals surface area contributed by atoms with Crippen LogP contribution < -0.4 is 5.32 Å². The number of hydrogen-bond donors (Lipinski definition) is 2. The third kappa shape index (κ3) is 4.07. The minimum atomic E-state index is -1.04. The molecule has 0 bridgehead atoms. The molecule has 0 aliphatic heterocycles. The van der Waals surface area contributed by atoms with Gasteiger partial charge in [-0.05, 0) is 30.7 Å². The third-order valence-electron chi connectivity index (χ3n) is 3.51. The number of amides is 1. The second-order valence-corrected chi connectivity index (χ2v) is 5.52. The van der Waals surface area contributed by atoms with Gasteiger partial charge in [-0.25, -0.2) is 4.39 Å². The predicted molar refractivity (Wildman–Crippen MR) is 84.9 cm³/mol. The number of benzene rings is 2. The number of nitrogens with one attached hydrogen (secondary N) is 1. The fourth-order valence-electron chi connectivity index (χ4n) is 2.19. The molecule has 23 heavy (non-hydrogen) atoms. The monoisotopic (exact) mass is 335 g/mol. The van der Waals surface area contributed by atoms with E-state index in [4.69, 9.17) is 11.6 Å². The summed E-state index contributed by atoms with van der Waals surface area (Å²) < 4.78 is 13.1. The van der Waals surface area contributed by atoms with Crippen molar-refractivity contribution in [2.24, 2.45) is 5.92 Å². The van der Waals surface area contributed by atoms with Crippen LogP contribution in [0.1, 0.15) is 28.9 Å². The van der Waals surface area contributed by atoms with Gasteiger partial charge in [-0.3, -0.25) is 9.59 Å². The van der Waals surface area contributed by atoms with Crippen LogP contribution in [0.25, 0.3) is 0 Å². The van der Waals surface area contributed by atoms with Crippen molar-refractivity contribution in [2.75, 3.05) is 0 Å². The molecule has 0 unspecified atom stereocenters. The molecule has 2 aromatic rings. The second-order valence-electron chi connectivity index (χ2n) is 5.11. The summed E-state index contributed by atoms with van der Waals surface area (Å²) in [4.78, 5) is 23.7. The van der Waals surface area contributed by atoms with Gasteiger partial charge in [0, 0.05) is 0 Å². The van der Waals surface area contributed by atoms with Gasteiger partial charge in [0.25, 0.3) is 5.91 Å². The van der Waals surface area contributed by atoms with Crippen LogP contribution in [0.3, 0.4) is 0 Å². The predicted octanol–water partition coefficient (Wildman–Crippen LogP) is 3.67. The molecule has 2 aromatic carbocycles. The molecule has 2 N–H and O–H groups in total. The maximum Gasteiger partial charge on any atom is 0.308 e. The zero-order valence-electron chi connectivity index (χ0n) is 12.3. The van der Waals surface area contributed by atoms with Crippen LogP contribution in [0.2, 0.25) is 5.02 Å². The Hall–Kier alpha value is -2.40. The number of carboxylic acids is 1. The van der Waals surface area contributed by atoms with Crippen molar-refractivity contribution >= 4 is 23.5 Å². The molecule has 0 saturated heterocycles. The minimum absolute atomic E-state index is 0.0303. The van der Waals surface area contributed by atoms with Gasteiger partial charge in [0.1, 0.15) is 5.82 Å². The quantitative estimate of drug-likeness (QED) is 0.876. The molecule has 120 valence electrons. The number of carboxylic acid groups (broad SMARTS) is 1. The maximum atomic E-state index is 13.1. The van der Waals surface area contributed by atoms with Crippen molar-refractivity contribution in [1.82, 2.24) is 5.32 Å². The second kappa shape index (κ2) is 7.24. The van der Waals surface area contributed by atoms with E-state index in [-0.39, 0.29) is 10.6 Å². The number of carbonyl (C=O) groups excluding carboxylic acids is 1. The summed E-state index contributed by atoms with van der Waals surface area (Å²) in [6, 6.07) is 11.5. The molecule has 2 rings (SSSR count). The first-order valence-electron chi connectivity index (χ1n) is 6.94. The Balaban J connectivity index is 2.30. The Kier molecular flexibility index (Phi) is 5.34. The number of halogens is 2. The van der Waals surface area contributed by atoms with E-state index in [0.717, 1.165) is 12.1 Å². The lowest BCUT2D eigenvalue weighted by atomic mass is 9.94. The van der Waals surface area contributed by atoms with Crippen molar-refractivity contribution < 1.29 is 19.1 Å². The highest BCUT2D eigenvalue weighted by Crippen LogP contribution is 2.24. The number of hydrogen-bond acceptors (Lipinski definition) is 2. The van der Waals surface area contributed by atoms with E-state index in [1.807, 2.05) is 0 Å². The summed E-state index contributed by atoms with van der Waals surface area (Å²) in [6.07, 6.45) is 0. The van der Waals surface area contributed by atoms with Crippen molar-refractivity contribution in [3.05, 3.63) is 70.5 Å². The molecule has 2 atom stereocenters. The Morgan fingerprint density at radius 2 is 1.83 bits per heavy atom. The van der Waals surface area contributed by atoms with Crippen molar-refractivity contribution in [3.8, 4) is 0 Å². The highest BCUT2D eigenvalue weighted by Gasteiger charge is 2.27. The van der Waals surface area contributed by atoms with Gasteiger partial charge in [0.15, 0.2) is 0 Å². The normalized spacial score (nSPS) is 13.2. The van der Waals surface area contributed by atoms with E-state index in [1.54, 1.807) is 30.3 Å². The van der Waals surface area contributed by atoms with E-state index in [1.165, 1.54) is 13.0 Å². The summed E-state index contributed by atoms with van der Waals surface area (Å²) in [6.45, 7) is 1.51. The summed E-state index contributed by atoms with van der Waals surface area (Å²) >= 11 is 5.88. The SMILES string of the molecule is C[C@@H](C(=O)O)[C@H](NC(=O)c1ccc(F)cc1Cl)c1ccccc1. The van der Waals surface area contributed by atoms with Gasteiger partial charge < -0.3 is 10.4 Å². The molecule has 0 fully saturated rings. The van der Waals surface area contributed by atoms with Gasteiger partial charge >= 0.3 is 5.97 Å². The molecule has 0 aromatic heterocycles. The van der Waals surface area contributed by atoms with Gasteiger partial charge in [0.2, 0.25) is 0 Å². The molecule has 6 heteroatoms. The Labute approximate surface area is 137 Å². The Morgan fingerprint density at radius 1 is 1.17 bits per heavy atom. The molecule has 0 heterocycles. The summed E-state index contributed by atoms with van der Waals surface area (Å²) in [5.74, 6) is -2.99. The van der Waals surface area contributed by atoms with Crippen LogP contribution in [0.5, 0.6) is 0 Å². The van der Waals surface area contributed by atoms with Crippen molar-refractivity contribution in [2.45, 2.75) is 13.0 Å². The molecule has 0 aliphatic carbocycles. The van der Waals surface area contributed by atoms with Crippen LogP contribution in [0.4, 0.5) is 4.39 Å². The first-order valence-corrected chi connectivity index (χ1v) is 7.31. The van der Waals surface area contributed by atoms with Gasteiger partial charge in [0.05, 0.1) is 22.5 Å². The lowest BCUT2D eigenvalue weighted by Crippen LogP contribution is -2.35. The Bertz CT molecular complexity index is 721. The fourth-order valence-corrected chi connectivity index (χ4v) is 2.45. The van der Waals surface area contributed by atoms with Gasteiger partial charge in [-0.15, -0.1) is 0 Å². The zero-order valence-corrected chi connectivity index (χ0v) is 13.0. The molecule has 0 radical (unpaired) electrons. The molecule has 0 aliphatic rings. The van der Waals surface area contributed by atoms with Crippen LogP contribution in [-0.4, -0.2) is 17.0 Å². The van der Waals surface area contributed by atoms with Gasteiger partial charge in [-0.2, -0.15) is 0 Å². The van der Waals surface area contributed by atoms with Crippen LogP contribution in [0.15, 0.2) is 48.5 Å². The van der Waals surface area contributed by atoms with E-state index in [9.17, 15) is 19.1 Å². The molecule has 4 nitrogen and oxygen atoms in total. The largest absolute Gasteiger partial charge is 0.481 e. The number of rotatable bonds is 5. The standard InChI is InChI=1S/C17H15ClFNO3/c1-10(17(22)23)15(11-5-3-2-4-6-11)20-16(21)13-8-7-12(19)9-14(13)18/h2-10,15H,1H3,(H,20,21)(H,22,23)/t10-,15+/m1/s1. The first-order chi connectivity index (χ1) is 10.9. The van der Waals surface area contributed by atoms with Crippen LogP contribution >= 0.6 is 11.6 Å². The molecular weight excluding hydrogens is 321 g/mol. The van der Waals surface area contributed by atoms with Gasteiger partial charge in [-0.1, -0.05) is 41.9 Å². The van der Waals surface area contributed by atoms with E-state index < -0.39 is 29.7 Å². The molecule has 0 spiro atoms. The fraction of sp³-hybridized carbons (Fsp3) is 0.176. The Morgan fingerprint density at radius 3 is 2.39 bits per heavy atom. The highest BCUT2D eigenvalue weighted by molar-refractivity contribution is 6.33. The van der Waals surface area contributed by atoms with E-state index in [2.05, 4.69) is 5.32 Å². The van der Waals surface area contributed by atoms with E-state index >= 15 is 0 Å². The minimum Gasteiger partial charge on any atom is -0.481 e. The van der Waals surface area contributed by atoms with E-state index in [0.29, 0.717) is 5.56 Å². The topological polar surface area (TPSA) is 66.4 Å². The lowest BCUT2D eigenvalue weighted by Gasteiger charge is -2.23. The average molecular weight is 336 g/mol. The maximum absolute atomic E-state index is 13.1. The smallest absolute Gasteiger partial charge is 0.308 e. The number of aliphatic carboxylic acids is 1. The first kappa shape index (κ1) is 17.0. The van der Waals surface area contributed by atoms with Crippen LogP contribution in [-0.2, 0) is 4.79 Å². The molecular formula is C17H15ClFNO3. The summed E-state index contributed by atoms with van der Waals surface area (Å²) in [5.41, 5.74) is 0.751. The molecule has 1 amide bonds. The lowest BCUT2D eigenvalue weighted by molar-refractivity contribution is -0.142. The third-order valence-corrected chi connectivity index (χ3v) is 3.82. The van der Waals surface area contributed by atoms with Crippen LogP contribution in [0, 0.1) is 11.7 Å². The average Bonchev–Trinajstić information content (AvgIpc) is 2.52.